The molecule has 5 rings (SSSR count). The predicted molar refractivity (Wildman–Crippen MR) is 120 cm³/mol. The summed E-state index contributed by atoms with van der Waals surface area (Å²) in [5.74, 6) is -1.93. The summed E-state index contributed by atoms with van der Waals surface area (Å²) in [6, 6.07) is 19.9. The number of rotatable bonds is 4. The Labute approximate surface area is 192 Å². The molecule has 0 unspecified atom stereocenters. The van der Waals surface area contributed by atoms with E-state index >= 15 is 0 Å². The van der Waals surface area contributed by atoms with Crippen molar-refractivity contribution in [2.75, 3.05) is 17.1 Å². The molecule has 2 aliphatic heterocycles. The molecular weight excluding hydrogens is 479 g/mol. The van der Waals surface area contributed by atoms with Crippen molar-refractivity contribution in [3.63, 3.8) is 0 Å². The average Bonchev–Trinajstić information content (AvgIpc) is 3.31. The van der Waals surface area contributed by atoms with Gasteiger partial charge in [0, 0.05) is 0 Å². The molecule has 0 radical (unpaired) electrons. The van der Waals surface area contributed by atoms with Crippen molar-refractivity contribution < 1.29 is 23.6 Å². The van der Waals surface area contributed by atoms with Crippen LogP contribution in [0.3, 0.4) is 0 Å². The molecule has 162 valence electrons. The zero-order valence-electron chi connectivity index (χ0n) is 16.9. The number of hydrogen-bond donors (Lipinski definition) is 0. The van der Waals surface area contributed by atoms with E-state index in [1.165, 1.54) is 18.2 Å². The molecule has 3 atom stereocenters. The van der Waals surface area contributed by atoms with E-state index in [0.29, 0.717) is 15.9 Å². The number of carbonyl (C=O) groups excluding carboxylic acids is 2. The maximum absolute atomic E-state index is 14.4. The summed E-state index contributed by atoms with van der Waals surface area (Å²) < 4.78 is 20.5. The average molecular weight is 497 g/mol. The number of fused-ring (bicyclic) bond motifs is 1. The van der Waals surface area contributed by atoms with E-state index in [1.807, 2.05) is 42.5 Å². The van der Waals surface area contributed by atoms with Gasteiger partial charge in [-0.25, -0.2) is 14.4 Å². The predicted octanol–water partition coefficient (Wildman–Crippen LogP) is 4.65. The first-order valence-corrected chi connectivity index (χ1v) is 10.8. The van der Waals surface area contributed by atoms with Crippen molar-refractivity contribution in [3.8, 4) is 5.75 Å². The van der Waals surface area contributed by atoms with Crippen LogP contribution in [0.1, 0.15) is 11.6 Å². The summed E-state index contributed by atoms with van der Waals surface area (Å²) in [6.45, 7) is 0. The molecule has 2 saturated heterocycles. The lowest BCUT2D eigenvalue weighted by Crippen LogP contribution is -2.37. The van der Waals surface area contributed by atoms with Gasteiger partial charge in [0.25, 0.3) is 5.91 Å². The number of nitrogens with zero attached hydrogens (tertiary/aromatic N) is 2. The van der Waals surface area contributed by atoms with Gasteiger partial charge in [0.05, 0.1) is 29.0 Å². The molecule has 3 aromatic rings. The molecule has 3 aromatic carbocycles. The number of amides is 2. The Morgan fingerprint density at radius 1 is 0.969 bits per heavy atom. The van der Waals surface area contributed by atoms with Crippen LogP contribution in [0, 0.1) is 11.7 Å². The third kappa shape index (κ3) is 3.18. The topological polar surface area (TPSA) is 59.1 Å². The lowest BCUT2D eigenvalue weighted by atomic mass is 9.90. The summed E-state index contributed by atoms with van der Waals surface area (Å²) in [5, 5.41) is 1.60. The van der Waals surface area contributed by atoms with Crippen molar-refractivity contribution in [3.05, 3.63) is 88.6 Å². The van der Waals surface area contributed by atoms with E-state index in [2.05, 4.69) is 15.9 Å². The van der Waals surface area contributed by atoms with Gasteiger partial charge in [0.15, 0.2) is 6.10 Å². The SMILES string of the molecule is COc1ccc([C@@H]2[C@H]3C(=O)N(c4ccccc4F)C(=O)[C@@H]3ON2c2ccccc2)cc1Br. The summed E-state index contributed by atoms with van der Waals surface area (Å²) in [7, 11) is 1.57. The highest BCUT2D eigenvalue weighted by Crippen LogP contribution is 2.48. The lowest BCUT2D eigenvalue weighted by molar-refractivity contribution is -0.126. The van der Waals surface area contributed by atoms with Crippen LogP contribution in [-0.2, 0) is 14.4 Å². The molecule has 0 aromatic heterocycles. The highest BCUT2D eigenvalue weighted by molar-refractivity contribution is 9.10. The standard InChI is InChI=1S/C24H18BrFN2O4/c1-31-19-12-11-14(13-16(19)25)21-20-22(32-28(21)15-7-3-2-4-8-15)24(30)27(23(20)29)18-10-6-5-9-17(18)26/h2-13,20-22H,1H3/t20-,21-,22-/m1/s1. The van der Waals surface area contributed by atoms with Gasteiger partial charge < -0.3 is 4.74 Å². The Morgan fingerprint density at radius 2 is 1.69 bits per heavy atom. The highest BCUT2D eigenvalue weighted by atomic mass is 79.9. The van der Waals surface area contributed by atoms with Crippen molar-refractivity contribution in [1.29, 1.82) is 0 Å². The van der Waals surface area contributed by atoms with E-state index < -0.39 is 35.7 Å². The molecule has 0 bridgehead atoms. The maximum Gasteiger partial charge on any atom is 0.266 e. The first kappa shape index (κ1) is 20.7. The Morgan fingerprint density at radius 3 is 2.38 bits per heavy atom. The third-order valence-electron chi connectivity index (χ3n) is 5.74. The Kier molecular flexibility index (Phi) is 5.19. The number of anilines is 2. The van der Waals surface area contributed by atoms with Crippen molar-refractivity contribution in [2.45, 2.75) is 12.1 Å². The largest absolute Gasteiger partial charge is 0.496 e. The normalized spacial score (nSPS) is 22.4. The fraction of sp³-hybridized carbons (Fsp3) is 0.167. The molecule has 32 heavy (non-hydrogen) atoms. The molecule has 2 heterocycles. The smallest absolute Gasteiger partial charge is 0.266 e. The van der Waals surface area contributed by atoms with Crippen LogP contribution in [0.15, 0.2) is 77.3 Å². The van der Waals surface area contributed by atoms with Gasteiger partial charge in [-0.1, -0.05) is 36.4 Å². The van der Waals surface area contributed by atoms with Gasteiger partial charge in [-0.15, -0.1) is 0 Å². The van der Waals surface area contributed by atoms with Gasteiger partial charge in [0.1, 0.15) is 17.5 Å². The molecular formula is C24H18BrFN2O4. The number of ether oxygens (including phenoxy) is 1. The third-order valence-corrected chi connectivity index (χ3v) is 6.36. The Hall–Kier alpha value is -3.23. The Bertz CT molecular complexity index is 1210. The van der Waals surface area contributed by atoms with Crippen LogP contribution in [0.4, 0.5) is 15.8 Å². The van der Waals surface area contributed by atoms with Crippen molar-refractivity contribution in [1.82, 2.24) is 0 Å². The number of benzene rings is 3. The molecule has 0 saturated carbocycles. The minimum absolute atomic E-state index is 0.0681. The summed E-state index contributed by atoms with van der Waals surface area (Å²) >= 11 is 3.49. The van der Waals surface area contributed by atoms with Crippen LogP contribution in [0.25, 0.3) is 0 Å². The highest BCUT2D eigenvalue weighted by Gasteiger charge is 2.60. The number of para-hydroxylation sites is 2. The summed E-state index contributed by atoms with van der Waals surface area (Å²) in [6.07, 6.45) is -1.06. The van der Waals surface area contributed by atoms with Gasteiger partial charge in [-0.2, -0.15) is 0 Å². The van der Waals surface area contributed by atoms with Crippen LogP contribution < -0.4 is 14.7 Å². The fourth-order valence-corrected chi connectivity index (χ4v) is 4.85. The van der Waals surface area contributed by atoms with E-state index in [9.17, 15) is 14.0 Å². The lowest BCUT2D eigenvalue weighted by Gasteiger charge is -2.29. The van der Waals surface area contributed by atoms with Crippen LogP contribution in [0.5, 0.6) is 5.75 Å². The number of hydroxylamine groups is 1. The Balaban J connectivity index is 1.61. The first-order chi connectivity index (χ1) is 15.5. The van der Waals surface area contributed by atoms with Gasteiger partial charge in [-0.3, -0.25) is 14.4 Å². The van der Waals surface area contributed by atoms with Gasteiger partial charge in [0.2, 0.25) is 5.91 Å². The zero-order chi connectivity index (χ0) is 22.4. The van der Waals surface area contributed by atoms with Gasteiger partial charge >= 0.3 is 0 Å². The number of hydrogen-bond acceptors (Lipinski definition) is 5. The molecule has 2 aliphatic rings. The molecule has 2 amide bonds. The van der Waals surface area contributed by atoms with Crippen molar-refractivity contribution in [2.24, 2.45) is 5.92 Å². The maximum atomic E-state index is 14.4. The minimum atomic E-state index is -1.06. The molecule has 0 N–H and O–H groups in total. The second kappa shape index (κ2) is 8.03. The molecule has 2 fully saturated rings. The van der Waals surface area contributed by atoms with Crippen LogP contribution in [0.2, 0.25) is 0 Å². The van der Waals surface area contributed by atoms with Crippen molar-refractivity contribution >= 4 is 39.1 Å². The van der Waals surface area contributed by atoms with E-state index in [-0.39, 0.29) is 5.69 Å². The second-order valence-corrected chi connectivity index (χ2v) is 8.37. The number of imide groups is 1. The van der Waals surface area contributed by atoms with E-state index in [1.54, 1.807) is 24.3 Å². The van der Waals surface area contributed by atoms with Crippen LogP contribution in [-0.4, -0.2) is 25.0 Å². The summed E-state index contributed by atoms with van der Waals surface area (Å²) in [5.41, 5.74) is 1.39. The van der Waals surface area contributed by atoms with Crippen LogP contribution >= 0.6 is 15.9 Å². The molecule has 0 aliphatic carbocycles. The molecule has 8 heteroatoms. The molecule has 0 spiro atoms. The summed E-state index contributed by atoms with van der Waals surface area (Å²) in [4.78, 5) is 33.7. The minimum Gasteiger partial charge on any atom is -0.496 e. The second-order valence-electron chi connectivity index (χ2n) is 7.52. The first-order valence-electron chi connectivity index (χ1n) is 9.98. The monoisotopic (exact) mass is 496 g/mol. The quantitative estimate of drug-likeness (QED) is 0.492. The number of methoxy groups -OCH3 is 1. The van der Waals surface area contributed by atoms with Gasteiger partial charge in [-0.05, 0) is 57.9 Å². The van der Waals surface area contributed by atoms with E-state index in [4.69, 9.17) is 9.57 Å². The number of halogens is 2. The number of carbonyl (C=O) groups is 2. The van der Waals surface area contributed by atoms with E-state index in [0.717, 1.165) is 10.5 Å². The zero-order valence-corrected chi connectivity index (χ0v) is 18.5. The fourth-order valence-electron chi connectivity index (χ4n) is 4.29. The molecule has 6 nitrogen and oxygen atoms in total.